The fourth-order valence-electron chi connectivity index (χ4n) is 3.54. The minimum Gasteiger partial charge on any atom is -0.459 e. The number of hydrogen-bond acceptors (Lipinski definition) is 5. The van der Waals surface area contributed by atoms with Gasteiger partial charge in [0, 0.05) is 25.7 Å². The summed E-state index contributed by atoms with van der Waals surface area (Å²) in [5.74, 6) is -0.167. The molecule has 29 heavy (non-hydrogen) atoms. The average molecular weight is 410 g/mol. The van der Waals surface area contributed by atoms with Gasteiger partial charge in [0.15, 0.2) is 5.76 Å². The monoisotopic (exact) mass is 409 g/mol. The number of benzene rings is 1. The fourth-order valence-corrected chi connectivity index (χ4v) is 4.51. The number of rotatable bonds is 6. The first-order chi connectivity index (χ1) is 14.1. The molecule has 1 aliphatic heterocycles. The lowest BCUT2D eigenvalue weighted by atomic mass is 10.2. The smallest absolute Gasteiger partial charge is 0.291 e. The minimum atomic E-state index is -0.324. The first-order valence-electron chi connectivity index (χ1n) is 9.61. The maximum Gasteiger partial charge on any atom is 0.291 e. The van der Waals surface area contributed by atoms with Gasteiger partial charge in [-0.25, -0.2) is 0 Å². The summed E-state index contributed by atoms with van der Waals surface area (Å²) >= 11 is 1.28. The number of amides is 2. The third-order valence-electron chi connectivity index (χ3n) is 4.96. The van der Waals surface area contributed by atoms with Crippen molar-refractivity contribution in [2.75, 3.05) is 18.4 Å². The van der Waals surface area contributed by atoms with Gasteiger partial charge in [-0.05, 0) is 42.7 Å². The van der Waals surface area contributed by atoms with Crippen LogP contribution in [0, 0.1) is 6.92 Å². The van der Waals surface area contributed by atoms with E-state index >= 15 is 0 Å². The molecule has 1 atom stereocenters. The number of hydrogen-bond donors (Lipinski definition) is 2. The molecular weight excluding hydrogens is 386 g/mol. The Kier molecular flexibility index (Phi) is 5.78. The summed E-state index contributed by atoms with van der Waals surface area (Å²) < 4.78 is 5.10. The van der Waals surface area contributed by atoms with Gasteiger partial charge in [-0.2, -0.15) is 0 Å². The number of thiophene rings is 1. The molecule has 6 nitrogen and oxygen atoms in total. The molecule has 4 rings (SSSR count). The number of aryl methyl sites for hydroxylation is 1. The molecule has 0 radical (unpaired) electrons. The van der Waals surface area contributed by atoms with Crippen LogP contribution in [0.25, 0.3) is 0 Å². The molecule has 1 saturated heterocycles. The highest BCUT2D eigenvalue weighted by Gasteiger charge is 2.25. The molecule has 1 aromatic carbocycles. The van der Waals surface area contributed by atoms with E-state index in [2.05, 4.69) is 27.7 Å². The van der Waals surface area contributed by atoms with Gasteiger partial charge in [-0.15, -0.1) is 11.3 Å². The lowest BCUT2D eigenvalue weighted by molar-refractivity contribution is 0.0940. The highest BCUT2D eigenvalue weighted by molar-refractivity contribution is 7.18. The zero-order chi connectivity index (χ0) is 20.2. The van der Waals surface area contributed by atoms with Crippen LogP contribution in [0.3, 0.4) is 0 Å². The van der Waals surface area contributed by atoms with E-state index in [-0.39, 0.29) is 23.6 Å². The molecule has 0 saturated carbocycles. The van der Waals surface area contributed by atoms with Crippen LogP contribution in [0.5, 0.6) is 0 Å². The van der Waals surface area contributed by atoms with E-state index in [1.165, 1.54) is 23.2 Å². The third kappa shape index (κ3) is 4.75. The zero-order valence-electron chi connectivity index (χ0n) is 16.2. The van der Waals surface area contributed by atoms with E-state index in [0.717, 1.165) is 31.6 Å². The summed E-state index contributed by atoms with van der Waals surface area (Å²) in [6.07, 6.45) is 2.39. The molecular formula is C22H23N3O3S. The first kappa shape index (κ1) is 19.4. The van der Waals surface area contributed by atoms with Gasteiger partial charge in [-0.1, -0.05) is 30.3 Å². The molecule has 0 bridgehead atoms. The maximum absolute atomic E-state index is 12.8. The quantitative estimate of drug-likeness (QED) is 0.647. The summed E-state index contributed by atoms with van der Waals surface area (Å²) in [5.41, 5.74) is 2.13. The molecule has 1 unspecified atom stereocenters. The van der Waals surface area contributed by atoms with Crippen molar-refractivity contribution in [3.05, 3.63) is 76.6 Å². The van der Waals surface area contributed by atoms with Crippen LogP contribution in [-0.2, 0) is 6.54 Å². The summed E-state index contributed by atoms with van der Waals surface area (Å²) in [6, 6.07) is 15.6. The van der Waals surface area contributed by atoms with E-state index in [9.17, 15) is 9.59 Å². The summed E-state index contributed by atoms with van der Waals surface area (Å²) in [4.78, 5) is 27.9. The van der Waals surface area contributed by atoms with Crippen LogP contribution in [0.1, 0.15) is 37.8 Å². The van der Waals surface area contributed by atoms with Gasteiger partial charge in [0.25, 0.3) is 11.8 Å². The molecule has 150 valence electrons. The molecule has 3 heterocycles. The Balaban J connectivity index is 1.33. The van der Waals surface area contributed by atoms with E-state index in [1.807, 2.05) is 31.2 Å². The largest absolute Gasteiger partial charge is 0.459 e. The Morgan fingerprint density at radius 3 is 2.76 bits per heavy atom. The van der Waals surface area contributed by atoms with Gasteiger partial charge in [0.05, 0.1) is 16.1 Å². The van der Waals surface area contributed by atoms with Crippen molar-refractivity contribution in [3.8, 4) is 0 Å². The molecule has 3 aromatic rings. The third-order valence-corrected chi connectivity index (χ3v) is 6.11. The van der Waals surface area contributed by atoms with Crippen LogP contribution in [0.2, 0.25) is 0 Å². The van der Waals surface area contributed by atoms with Crippen LogP contribution in [0.4, 0.5) is 5.00 Å². The van der Waals surface area contributed by atoms with E-state index < -0.39 is 0 Å². The van der Waals surface area contributed by atoms with Gasteiger partial charge < -0.3 is 15.1 Å². The maximum atomic E-state index is 12.8. The second kappa shape index (κ2) is 8.63. The summed E-state index contributed by atoms with van der Waals surface area (Å²) in [7, 11) is 0. The van der Waals surface area contributed by atoms with Crippen LogP contribution >= 0.6 is 11.3 Å². The lowest BCUT2D eigenvalue weighted by Gasteiger charge is -2.16. The Morgan fingerprint density at radius 2 is 2.00 bits per heavy atom. The Morgan fingerprint density at radius 1 is 1.17 bits per heavy atom. The SMILES string of the molecule is Cc1cc(NC(=O)c2ccco2)sc1C(=O)NC1CCN(Cc2ccccc2)C1. The van der Waals surface area contributed by atoms with E-state index in [0.29, 0.717) is 9.88 Å². The molecule has 1 fully saturated rings. The number of carbonyl (C=O) groups is 2. The number of furan rings is 1. The van der Waals surface area contributed by atoms with Crippen LogP contribution in [0.15, 0.2) is 59.2 Å². The van der Waals surface area contributed by atoms with Crippen molar-refractivity contribution in [1.29, 1.82) is 0 Å². The van der Waals surface area contributed by atoms with Crippen molar-refractivity contribution in [2.24, 2.45) is 0 Å². The standard InChI is InChI=1S/C22H23N3O3S/c1-15-12-19(24-21(26)18-8-5-11-28-18)29-20(15)22(27)23-17-9-10-25(14-17)13-16-6-3-2-4-7-16/h2-8,11-12,17H,9-10,13-14H2,1H3,(H,23,27)(H,24,26). The predicted octanol–water partition coefficient (Wildman–Crippen LogP) is 3.91. The highest BCUT2D eigenvalue weighted by Crippen LogP contribution is 2.27. The van der Waals surface area contributed by atoms with Crippen molar-refractivity contribution in [2.45, 2.75) is 25.9 Å². The molecule has 2 aromatic heterocycles. The van der Waals surface area contributed by atoms with Crippen molar-refractivity contribution >= 4 is 28.2 Å². The predicted molar refractivity (Wildman–Crippen MR) is 113 cm³/mol. The van der Waals surface area contributed by atoms with Crippen LogP contribution < -0.4 is 10.6 Å². The number of likely N-dealkylation sites (tertiary alicyclic amines) is 1. The molecule has 2 N–H and O–H groups in total. The lowest BCUT2D eigenvalue weighted by Crippen LogP contribution is -2.36. The van der Waals surface area contributed by atoms with Gasteiger partial charge >= 0.3 is 0 Å². The van der Waals surface area contributed by atoms with Crippen LogP contribution in [-0.4, -0.2) is 35.8 Å². The number of anilines is 1. The number of carbonyl (C=O) groups excluding carboxylic acids is 2. The zero-order valence-corrected chi connectivity index (χ0v) is 17.0. The molecule has 7 heteroatoms. The average Bonchev–Trinajstić information content (AvgIpc) is 3.44. The van der Waals surface area contributed by atoms with Crippen molar-refractivity contribution in [3.63, 3.8) is 0 Å². The van der Waals surface area contributed by atoms with Crippen molar-refractivity contribution in [1.82, 2.24) is 10.2 Å². The summed E-state index contributed by atoms with van der Waals surface area (Å²) in [5, 5.41) is 6.56. The second-order valence-electron chi connectivity index (χ2n) is 7.23. The minimum absolute atomic E-state index is 0.0856. The Hall–Kier alpha value is -2.90. The highest BCUT2D eigenvalue weighted by atomic mass is 32.1. The number of nitrogens with one attached hydrogen (secondary N) is 2. The van der Waals surface area contributed by atoms with Gasteiger partial charge in [0.2, 0.25) is 0 Å². The Bertz CT molecular complexity index is 982. The fraction of sp³-hybridized carbons (Fsp3) is 0.273. The van der Waals surface area contributed by atoms with Gasteiger partial charge in [0.1, 0.15) is 0 Å². The normalized spacial score (nSPS) is 16.7. The van der Waals surface area contributed by atoms with E-state index in [4.69, 9.17) is 4.42 Å². The first-order valence-corrected chi connectivity index (χ1v) is 10.4. The Labute approximate surface area is 173 Å². The number of nitrogens with zero attached hydrogens (tertiary/aromatic N) is 1. The molecule has 0 spiro atoms. The summed E-state index contributed by atoms with van der Waals surface area (Å²) in [6.45, 7) is 4.58. The molecule has 1 aliphatic rings. The topological polar surface area (TPSA) is 74.6 Å². The molecule has 0 aliphatic carbocycles. The van der Waals surface area contributed by atoms with Gasteiger partial charge in [-0.3, -0.25) is 14.5 Å². The molecule has 2 amide bonds. The van der Waals surface area contributed by atoms with E-state index in [1.54, 1.807) is 12.1 Å². The second-order valence-corrected chi connectivity index (χ2v) is 8.29. The van der Waals surface area contributed by atoms with Crippen molar-refractivity contribution < 1.29 is 14.0 Å².